The highest BCUT2D eigenvalue weighted by molar-refractivity contribution is 6.33. The molecule has 2 aromatic carbocycles. The third-order valence-corrected chi connectivity index (χ3v) is 4.60. The van der Waals surface area contributed by atoms with Crippen LogP contribution in [0.3, 0.4) is 0 Å². The van der Waals surface area contributed by atoms with Crippen LogP contribution in [0.15, 0.2) is 42.5 Å². The number of benzene rings is 2. The molecule has 0 heterocycles. The number of amides is 1. The molecule has 0 saturated carbocycles. The van der Waals surface area contributed by atoms with Gasteiger partial charge in [-0.25, -0.2) is 0 Å². The molecule has 2 unspecified atom stereocenters. The Morgan fingerprint density at radius 3 is 2.56 bits per heavy atom. The number of ether oxygens (including phenoxy) is 1. The predicted octanol–water partition coefficient (Wildman–Crippen LogP) is 5.23. The molecule has 134 valence electrons. The average Bonchev–Trinajstić information content (AvgIpc) is 2.62. The number of hydrogen-bond acceptors (Lipinski definition) is 3. The first kappa shape index (κ1) is 19.1. The summed E-state index contributed by atoms with van der Waals surface area (Å²) in [5, 5.41) is 3.30. The quantitative estimate of drug-likeness (QED) is 0.664. The largest absolute Gasteiger partial charge is 0.480 e. The third kappa shape index (κ3) is 4.89. The van der Waals surface area contributed by atoms with Gasteiger partial charge >= 0.3 is 0 Å². The molecule has 0 fully saturated rings. The van der Waals surface area contributed by atoms with Crippen LogP contribution in [0.4, 0.5) is 11.4 Å². The summed E-state index contributed by atoms with van der Waals surface area (Å²) in [4.78, 5) is 12.6. The highest BCUT2D eigenvalue weighted by atomic mass is 35.5. The van der Waals surface area contributed by atoms with E-state index < -0.39 is 6.10 Å². The van der Waals surface area contributed by atoms with Crippen LogP contribution in [0.5, 0.6) is 5.75 Å². The smallest absolute Gasteiger partial charge is 0.265 e. The highest BCUT2D eigenvalue weighted by Gasteiger charge is 2.21. The van der Waals surface area contributed by atoms with Crippen LogP contribution in [-0.4, -0.2) is 12.0 Å². The zero-order valence-corrected chi connectivity index (χ0v) is 15.6. The van der Waals surface area contributed by atoms with Gasteiger partial charge in [-0.2, -0.15) is 0 Å². The second kappa shape index (κ2) is 8.77. The van der Waals surface area contributed by atoms with Crippen LogP contribution in [0.25, 0.3) is 0 Å². The van der Waals surface area contributed by atoms with Crippen LogP contribution in [0.2, 0.25) is 5.02 Å². The lowest BCUT2D eigenvalue weighted by atomic mass is 9.98. The van der Waals surface area contributed by atoms with Gasteiger partial charge in [0.2, 0.25) is 0 Å². The fraction of sp³-hybridized carbons (Fsp3) is 0.350. The van der Waals surface area contributed by atoms with Gasteiger partial charge in [-0.05, 0) is 48.6 Å². The number of carbonyl (C=O) groups excluding carboxylic acids is 1. The topological polar surface area (TPSA) is 64.3 Å². The minimum atomic E-state index is -0.581. The van der Waals surface area contributed by atoms with E-state index in [4.69, 9.17) is 22.1 Å². The van der Waals surface area contributed by atoms with Crippen LogP contribution in [-0.2, 0) is 4.79 Å². The van der Waals surface area contributed by atoms with E-state index in [0.29, 0.717) is 28.7 Å². The Bertz CT molecular complexity index is 733. The van der Waals surface area contributed by atoms with Crippen LogP contribution >= 0.6 is 11.6 Å². The van der Waals surface area contributed by atoms with Crippen molar-refractivity contribution in [2.24, 2.45) is 0 Å². The number of rotatable bonds is 7. The maximum absolute atomic E-state index is 12.6. The number of nitrogens with two attached hydrogens (primary N) is 1. The highest BCUT2D eigenvalue weighted by Crippen LogP contribution is 2.30. The van der Waals surface area contributed by atoms with E-state index in [-0.39, 0.29) is 5.91 Å². The number of carbonyl (C=O) groups is 1. The summed E-state index contributed by atoms with van der Waals surface area (Å²) in [5.74, 6) is 0.922. The molecule has 1 amide bonds. The van der Waals surface area contributed by atoms with E-state index in [1.807, 2.05) is 31.2 Å². The van der Waals surface area contributed by atoms with E-state index in [1.54, 1.807) is 18.2 Å². The zero-order valence-electron chi connectivity index (χ0n) is 14.9. The fourth-order valence-electron chi connectivity index (χ4n) is 2.53. The van der Waals surface area contributed by atoms with Gasteiger partial charge in [0.25, 0.3) is 5.91 Å². The van der Waals surface area contributed by atoms with E-state index in [2.05, 4.69) is 19.2 Å². The van der Waals surface area contributed by atoms with Crippen molar-refractivity contribution in [1.29, 1.82) is 0 Å². The van der Waals surface area contributed by atoms with E-state index in [1.165, 1.54) is 0 Å². The normalized spacial score (nSPS) is 13.1. The molecule has 0 radical (unpaired) electrons. The first-order chi connectivity index (χ1) is 12.0. The summed E-state index contributed by atoms with van der Waals surface area (Å²) < 4.78 is 6.04. The summed E-state index contributed by atoms with van der Waals surface area (Å²) in [7, 11) is 0. The maximum atomic E-state index is 12.6. The molecule has 0 aliphatic rings. The van der Waals surface area contributed by atoms with Crippen molar-refractivity contribution in [2.45, 2.75) is 45.6 Å². The fourth-order valence-corrected chi connectivity index (χ4v) is 2.65. The molecule has 0 bridgehead atoms. The number of anilines is 2. The molecule has 0 saturated heterocycles. The van der Waals surface area contributed by atoms with Crippen molar-refractivity contribution < 1.29 is 9.53 Å². The number of halogens is 1. The lowest BCUT2D eigenvalue weighted by Gasteiger charge is -2.21. The average molecular weight is 361 g/mol. The summed E-state index contributed by atoms with van der Waals surface area (Å²) >= 11 is 5.91. The number of para-hydroxylation sites is 1. The molecule has 0 aromatic heterocycles. The Labute approximate surface area is 154 Å². The van der Waals surface area contributed by atoms with Crippen molar-refractivity contribution in [3.63, 3.8) is 0 Å². The summed E-state index contributed by atoms with van der Waals surface area (Å²) in [6.45, 7) is 6.21. The van der Waals surface area contributed by atoms with Crippen molar-refractivity contribution >= 4 is 28.9 Å². The van der Waals surface area contributed by atoms with Crippen molar-refractivity contribution in [3.8, 4) is 5.75 Å². The minimum Gasteiger partial charge on any atom is -0.480 e. The van der Waals surface area contributed by atoms with Gasteiger partial charge in [-0.15, -0.1) is 0 Å². The van der Waals surface area contributed by atoms with Gasteiger partial charge in [0.05, 0.1) is 10.7 Å². The monoisotopic (exact) mass is 360 g/mol. The molecule has 4 nitrogen and oxygen atoms in total. The maximum Gasteiger partial charge on any atom is 0.265 e. The van der Waals surface area contributed by atoms with Crippen molar-refractivity contribution in [1.82, 2.24) is 0 Å². The second-order valence-corrected chi connectivity index (χ2v) is 6.49. The van der Waals surface area contributed by atoms with Gasteiger partial charge in [-0.1, -0.05) is 50.6 Å². The molecule has 0 aliphatic heterocycles. The molecule has 25 heavy (non-hydrogen) atoms. The van der Waals surface area contributed by atoms with Crippen LogP contribution in [0, 0.1) is 0 Å². The van der Waals surface area contributed by atoms with E-state index in [9.17, 15) is 4.79 Å². The van der Waals surface area contributed by atoms with Gasteiger partial charge in [0, 0.05) is 5.69 Å². The van der Waals surface area contributed by atoms with Gasteiger partial charge < -0.3 is 15.8 Å². The second-order valence-electron chi connectivity index (χ2n) is 6.09. The first-order valence-electron chi connectivity index (χ1n) is 8.57. The van der Waals surface area contributed by atoms with Crippen molar-refractivity contribution in [3.05, 3.63) is 53.1 Å². The van der Waals surface area contributed by atoms with Gasteiger partial charge in [0.1, 0.15) is 5.75 Å². The standard InChI is InChI=1S/C20H25ClN2O2/c1-4-13(3)15-8-6-7-9-19(15)25-18(5-2)20(24)23-14-10-11-16(21)17(22)12-14/h6-13,18H,4-5,22H2,1-3H3,(H,23,24). The molecule has 2 atom stereocenters. The lowest BCUT2D eigenvalue weighted by molar-refractivity contribution is -0.122. The van der Waals surface area contributed by atoms with E-state index in [0.717, 1.165) is 17.7 Å². The van der Waals surface area contributed by atoms with Gasteiger partial charge in [-0.3, -0.25) is 4.79 Å². The summed E-state index contributed by atoms with van der Waals surface area (Å²) in [6, 6.07) is 12.9. The van der Waals surface area contributed by atoms with Crippen LogP contribution < -0.4 is 15.8 Å². The SMILES string of the molecule is CCC(Oc1ccccc1C(C)CC)C(=O)Nc1ccc(Cl)c(N)c1. The molecular weight excluding hydrogens is 336 g/mol. The number of hydrogen-bond donors (Lipinski definition) is 2. The van der Waals surface area contributed by atoms with E-state index >= 15 is 0 Å². The Morgan fingerprint density at radius 2 is 1.92 bits per heavy atom. The summed E-state index contributed by atoms with van der Waals surface area (Å²) in [5.41, 5.74) is 7.93. The minimum absolute atomic E-state index is 0.205. The third-order valence-electron chi connectivity index (χ3n) is 4.26. The Kier molecular flexibility index (Phi) is 6.71. The van der Waals surface area contributed by atoms with Gasteiger partial charge in [0.15, 0.2) is 6.10 Å². The number of nitrogen functional groups attached to an aromatic ring is 1. The molecule has 0 spiro atoms. The Hall–Kier alpha value is -2.20. The first-order valence-corrected chi connectivity index (χ1v) is 8.95. The molecule has 5 heteroatoms. The van der Waals surface area contributed by atoms with Crippen LogP contribution in [0.1, 0.15) is 45.1 Å². The molecule has 0 aliphatic carbocycles. The predicted molar refractivity (Wildman–Crippen MR) is 104 cm³/mol. The molecule has 2 aromatic rings. The molecular formula is C20H25ClN2O2. The Morgan fingerprint density at radius 1 is 1.20 bits per heavy atom. The Balaban J connectivity index is 2.14. The molecule has 2 rings (SSSR count). The van der Waals surface area contributed by atoms with Crippen molar-refractivity contribution in [2.75, 3.05) is 11.1 Å². The number of nitrogens with one attached hydrogen (secondary N) is 1. The zero-order chi connectivity index (χ0) is 18.4. The lowest BCUT2D eigenvalue weighted by Crippen LogP contribution is -2.32. The molecule has 3 N–H and O–H groups in total. The summed E-state index contributed by atoms with van der Waals surface area (Å²) in [6.07, 6.45) is 0.985.